The average molecular weight is 325 g/mol. The highest BCUT2D eigenvalue weighted by Crippen LogP contribution is 2.14. The molecule has 0 aromatic rings. The number of carbonyl (C=O) groups is 1. The highest BCUT2D eigenvalue weighted by atomic mass is 16.5. The molecule has 0 radical (unpaired) electrons. The lowest BCUT2D eigenvalue weighted by Gasteiger charge is -2.04. The summed E-state index contributed by atoms with van der Waals surface area (Å²) < 4.78 is 4.93. The van der Waals surface area contributed by atoms with E-state index < -0.39 is 0 Å². The molecule has 0 aromatic carbocycles. The smallest absolute Gasteiger partial charge is 0.305 e. The molecule has 0 aliphatic carbocycles. The Morgan fingerprint density at radius 1 is 0.783 bits per heavy atom. The molecule has 0 atom stereocenters. The van der Waals surface area contributed by atoms with Gasteiger partial charge in [0.25, 0.3) is 0 Å². The number of allylic oxidation sites excluding steroid dienone is 2. The Morgan fingerprint density at radius 2 is 1.35 bits per heavy atom. The lowest BCUT2D eigenvalue weighted by atomic mass is 10.0. The van der Waals surface area contributed by atoms with Gasteiger partial charge in [0.15, 0.2) is 0 Å². The third kappa shape index (κ3) is 17.4. The largest absolute Gasteiger partial charge is 0.466 e. The van der Waals surface area contributed by atoms with Crippen molar-refractivity contribution in [1.82, 2.24) is 0 Å². The molecule has 0 saturated heterocycles. The third-order valence-electron chi connectivity index (χ3n) is 4.31. The second-order valence-corrected chi connectivity index (χ2v) is 6.68. The van der Waals surface area contributed by atoms with Crippen molar-refractivity contribution in [2.24, 2.45) is 0 Å². The standard InChI is InChI=1S/C21H40O2/c1-4-6-7-8-9-10-11-14-17-20(3)18-15-12-13-16-19-21(22)23-5-2/h17H,4-16,18-19H2,1-3H3. The summed E-state index contributed by atoms with van der Waals surface area (Å²) in [5, 5.41) is 0. The minimum Gasteiger partial charge on any atom is -0.466 e. The van der Waals surface area contributed by atoms with Crippen molar-refractivity contribution in [2.75, 3.05) is 6.61 Å². The number of hydrogen-bond acceptors (Lipinski definition) is 2. The van der Waals surface area contributed by atoms with E-state index >= 15 is 0 Å². The first-order valence-electron chi connectivity index (χ1n) is 10.0. The molecule has 0 bridgehead atoms. The Morgan fingerprint density at radius 3 is 2.00 bits per heavy atom. The zero-order chi connectivity index (χ0) is 17.2. The summed E-state index contributed by atoms with van der Waals surface area (Å²) in [4.78, 5) is 11.2. The first kappa shape index (κ1) is 22.2. The van der Waals surface area contributed by atoms with Crippen LogP contribution in [-0.4, -0.2) is 12.6 Å². The maximum Gasteiger partial charge on any atom is 0.305 e. The van der Waals surface area contributed by atoms with Crippen LogP contribution in [0.3, 0.4) is 0 Å². The molecular formula is C21H40O2. The van der Waals surface area contributed by atoms with Gasteiger partial charge < -0.3 is 4.74 Å². The van der Waals surface area contributed by atoms with E-state index in [4.69, 9.17) is 4.74 Å². The molecule has 0 N–H and O–H groups in total. The highest BCUT2D eigenvalue weighted by molar-refractivity contribution is 5.69. The van der Waals surface area contributed by atoms with Gasteiger partial charge in [0.1, 0.15) is 0 Å². The maximum atomic E-state index is 11.2. The van der Waals surface area contributed by atoms with E-state index in [2.05, 4.69) is 19.9 Å². The minimum atomic E-state index is -0.0433. The Balaban J connectivity index is 3.34. The minimum absolute atomic E-state index is 0.0433. The Kier molecular flexibility index (Phi) is 17.0. The van der Waals surface area contributed by atoms with Crippen molar-refractivity contribution in [3.8, 4) is 0 Å². The van der Waals surface area contributed by atoms with Crippen molar-refractivity contribution in [2.45, 2.75) is 111 Å². The zero-order valence-electron chi connectivity index (χ0n) is 16.0. The van der Waals surface area contributed by atoms with Crippen molar-refractivity contribution < 1.29 is 9.53 Å². The van der Waals surface area contributed by atoms with Crippen LogP contribution < -0.4 is 0 Å². The van der Waals surface area contributed by atoms with Crippen LogP contribution >= 0.6 is 0 Å². The summed E-state index contributed by atoms with van der Waals surface area (Å²) in [5.74, 6) is -0.0433. The molecule has 0 saturated carbocycles. The first-order valence-corrected chi connectivity index (χ1v) is 10.0. The lowest BCUT2D eigenvalue weighted by Crippen LogP contribution is -2.03. The number of esters is 1. The van der Waals surface area contributed by atoms with Gasteiger partial charge in [0.2, 0.25) is 0 Å². The molecular weight excluding hydrogens is 284 g/mol. The van der Waals surface area contributed by atoms with Crippen LogP contribution in [0.5, 0.6) is 0 Å². The molecule has 23 heavy (non-hydrogen) atoms. The van der Waals surface area contributed by atoms with Crippen molar-refractivity contribution in [3.05, 3.63) is 11.6 Å². The van der Waals surface area contributed by atoms with E-state index in [0.29, 0.717) is 13.0 Å². The van der Waals surface area contributed by atoms with E-state index in [1.54, 1.807) is 5.57 Å². The summed E-state index contributed by atoms with van der Waals surface area (Å²) in [5.41, 5.74) is 1.54. The number of hydrogen-bond donors (Lipinski definition) is 0. The van der Waals surface area contributed by atoms with Crippen LogP contribution in [-0.2, 0) is 9.53 Å². The van der Waals surface area contributed by atoms with E-state index in [1.807, 2.05) is 6.92 Å². The summed E-state index contributed by atoms with van der Waals surface area (Å²) in [6.07, 6.45) is 19.8. The van der Waals surface area contributed by atoms with Crippen LogP contribution in [0.1, 0.15) is 111 Å². The zero-order valence-corrected chi connectivity index (χ0v) is 16.0. The fraction of sp³-hybridized carbons (Fsp3) is 0.857. The molecule has 0 rings (SSSR count). The molecule has 0 fully saturated rings. The molecule has 2 heteroatoms. The molecule has 0 aliphatic rings. The van der Waals surface area contributed by atoms with Gasteiger partial charge in [0, 0.05) is 6.42 Å². The molecule has 0 spiro atoms. The summed E-state index contributed by atoms with van der Waals surface area (Å²) in [6.45, 7) is 6.90. The van der Waals surface area contributed by atoms with Gasteiger partial charge in [0.05, 0.1) is 6.61 Å². The van der Waals surface area contributed by atoms with Gasteiger partial charge >= 0.3 is 5.97 Å². The van der Waals surface area contributed by atoms with Gasteiger partial charge in [-0.25, -0.2) is 0 Å². The van der Waals surface area contributed by atoms with Gasteiger partial charge in [-0.1, -0.05) is 69.9 Å². The number of carbonyl (C=O) groups excluding carboxylic acids is 1. The molecule has 0 aromatic heterocycles. The molecule has 2 nitrogen and oxygen atoms in total. The van der Waals surface area contributed by atoms with E-state index in [1.165, 1.54) is 70.6 Å². The second kappa shape index (κ2) is 17.6. The van der Waals surface area contributed by atoms with E-state index in [0.717, 1.165) is 12.8 Å². The van der Waals surface area contributed by atoms with Crippen molar-refractivity contribution >= 4 is 5.97 Å². The number of unbranched alkanes of at least 4 members (excludes halogenated alkanes) is 10. The lowest BCUT2D eigenvalue weighted by molar-refractivity contribution is -0.143. The SMILES string of the molecule is CCCCCCCCCC=C(C)CCCCCCC(=O)OCC. The van der Waals surface area contributed by atoms with E-state index in [-0.39, 0.29) is 5.97 Å². The van der Waals surface area contributed by atoms with Gasteiger partial charge in [-0.15, -0.1) is 0 Å². The Bertz CT molecular complexity index is 294. The van der Waals surface area contributed by atoms with Gasteiger partial charge in [-0.2, -0.15) is 0 Å². The normalized spacial score (nSPS) is 11.7. The highest BCUT2D eigenvalue weighted by Gasteiger charge is 2.00. The average Bonchev–Trinajstić information content (AvgIpc) is 2.53. The maximum absolute atomic E-state index is 11.2. The fourth-order valence-electron chi connectivity index (χ4n) is 2.81. The third-order valence-corrected chi connectivity index (χ3v) is 4.31. The fourth-order valence-corrected chi connectivity index (χ4v) is 2.81. The Hall–Kier alpha value is -0.790. The van der Waals surface area contributed by atoms with Crippen molar-refractivity contribution in [3.63, 3.8) is 0 Å². The monoisotopic (exact) mass is 324 g/mol. The summed E-state index contributed by atoms with van der Waals surface area (Å²) in [6, 6.07) is 0. The van der Waals surface area contributed by atoms with Crippen LogP contribution in [0.2, 0.25) is 0 Å². The first-order chi connectivity index (χ1) is 11.2. The summed E-state index contributed by atoms with van der Waals surface area (Å²) in [7, 11) is 0. The predicted octanol–water partition coefficient (Wildman–Crippen LogP) is 6.98. The number of rotatable bonds is 16. The van der Waals surface area contributed by atoms with Gasteiger partial charge in [-0.3, -0.25) is 4.79 Å². The molecule has 0 heterocycles. The molecule has 0 unspecified atom stereocenters. The quantitative estimate of drug-likeness (QED) is 0.174. The van der Waals surface area contributed by atoms with Crippen LogP contribution in [0.4, 0.5) is 0 Å². The van der Waals surface area contributed by atoms with Crippen LogP contribution in [0.15, 0.2) is 11.6 Å². The topological polar surface area (TPSA) is 26.3 Å². The predicted molar refractivity (Wildman–Crippen MR) is 101 cm³/mol. The number of ether oxygens (including phenoxy) is 1. The Labute approximate surface area is 145 Å². The van der Waals surface area contributed by atoms with Gasteiger partial charge in [-0.05, 0) is 46.0 Å². The molecule has 0 amide bonds. The summed E-state index contributed by atoms with van der Waals surface area (Å²) >= 11 is 0. The van der Waals surface area contributed by atoms with Crippen LogP contribution in [0, 0.1) is 0 Å². The van der Waals surface area contributed by atoms with E-state index in [9.17, 15) is 4.79 Å². The second-order valence-electron chi connectivity index (χ2n) is 6.68. The van der Waals surface area contributed by atoms with Crippen LogP contribution in [0.25, 0.3) is 0 Å². The molecule has 136 valence electrons. The van der Waals surface area contributed by atoms with Crippen molar-refractivity contribution in [1.29, 1.82) is 0 Å². The molecule has 0 aliphatic heterocycles.